The lowest BCUT2D eigenvalue weighted by Crippen LogP contribution is -2.06. The van der Waals surface area contributed by atoms with Gasteiger partial charge in [-0.1, -0.05) is 44.9 Å². The second-order valence-electron chi connectivity index (χ2n) is 4.69. The predicted molar refractivity (Wildman–Crippen MR) is 64.5 cm³/mol. The van der Waals surface area contributed by atoms with Crippen molar-refractivity contribution in [2.24, 2.45) is 0 Å². The van der Waals surface area contributed by atoms with Crippen LogP contribution in [0.1, 0.15) is 70.6 Å². The van der Waals surface area contributed by atoms with Crippen LogP contribution in [0, 0.1) is 0 Å². The van der Waals surface area contributed by atoms with Gasteiger partial charge in [0.05, 0.1) is 0 Å². The number of rotatable bonds is 11. The van der Waals surface area contributed by atoms with Gasteiger partial charge >= 0.3 is 12.1 Å². The molecule has 0 amide bonds. The van der Waals surface area contributed by atoms with Crippen LogP contribution >= 0.6 is 0 Å². The van der Waals surface area contributed by atoms with Crippen molar-refractivity contribution in [1.29, 1.82) is 0 Å². The number of alkyl halides is 3. The molecule has 5 heteroatoms. The number of hydrogen-bond donors (Lipinski definition) is 1. The first-order valence-corrected chi connectivity index (χ1v) is 6.70. The van der Waals surface area contributed by atoms with Gasteiger partial charge in [0.2, 0.25) is 0 Å². The molecule has 0 bridgehead atoms. The van der Waals surface area contributed by atoms with Crippen molar-refractivity contribution in [2.75, 3.05) is 0 Å². The van der Waals surface area contributed by atoms with E-state index in [1.165, 1.54) is 0 Å². The van der Waals surface area contributed by atoms with Gasteiger partial charge in [-0.25, -0.2) is 0 Å². The van der Waals surface area contributed by atoms with Gasteiger partial charge in [0.25, 0.3) is 0 Å². The molecule has 0 aliphatic rings. The molecule has 0 atom stereocenters. The highest BCUT2D eigenvalue weighted by atomic mass is 19.4. The number of hydrogen-bond acceptors (Lipinski definition) is 1. The normalized spacial score (nSPS) is 11.7. The standard InChI is InChI=1S/C13H23F3O2/c14-13(15,16)11-9-7-5-3-1-2-4-6-8-10-12(17)18/h1-11H2,(H,17,18). The Morgan fingerprint density at radius 1 is 0.778 bits per heavy atom. The van der Waals surface area contributed by atoms with Crippen molar-refractivity contribution >= 4 is 5.97 Å². The summed E-state index contributed by atoms with van der Waals surface area (Å²) in [4.78, 5) is 10.2. The first-order chi connectivity index (χ1) is 8.42. The second-order valence-corrected chi connectivity index (χ2v) is 4.69. The van der Waals surface area contributed by atoms with Crippen LogP contribution in [-0.4, -0.2) is 17.3 Å². The van der Waals surface area contributed by atoms with E-state index >= 15 is 0 Å². The summed E-state index contributed by atoms with van der Waals surface area (Å²) in [6, 6.07) is 0. The molecule has 18 heavy (non-hydrogen) atoms. The van der Waals surface area contributed by atoms with Gasteiger partial charge in [-0.15, -0.1) is 0 Å². The molecule has 0 aromatic heterocycles. The molecule has 0 aliphatic heterocycles. The highest BCUT2D eigenvalue weighted by molar-refractivity contribution is 5.66. The van der Waals surface area contributed by atoms with Crippen LogP contribution in [0.25, 0.3) is 0 Å². The number of unbranched alkanes of at least 4 members (excludes halogenated alkanes) is 8. The molecular formula is C13H23F3O2. The fourth-order valence-corrected chi connectivity index (χ4v) is 1.84. The Kier molecular flexibility index (Phi) is 9.79. The highest BCUT2D eigenvalue weighted by Gasteiger charge is 2.25. The summed E-state index contributed by atoms with van der Waals surface area (Å²) >= 11 is 0. The molecule has 0 rings (SSSR count). The lowest BCUT2D eigenvalue weighted by molar-refractivity contribution is -0.137. The van der Waals surface area contributed by atoms with Gasteiger partial charge < -0.3 is 5.11 Å². The fourth-order valence-electron chi connectivity index (χ4n) is 1.84. The topological polar surface area (TPSA) is 37.3 Å². The maximum atomic E-state index is 11.8. The van der Waals surface area contributed by atoms with Crippen molar-refractivity contribution in [1.82, 2.24) is 0 Å². The predicted octanol–water partition coefficient (Wildman–Crippen LogP) is 4.92. The molecule has 0 radical (unpaired) electrons. The van der Waals surface area contributed by atoms with E-state index in [0.717, 1.165) is 44.9 Å². The first kappa shape index (κ1) is 17.3. The Labute approximate surface area is 107 Å². The number of carbonyl (C=O) groups is 1. The van der Waals surface area contributed by atoms with Crippen molar-refractivity contribution in [3.05, 3.63) is 0 Å². The summed E-state index contributed by atoms with van der Waals surface area (Å²) in [6.45, 7) is 0. The van der Waals surface area contributed by atoms with Gasteiger partial charge in [-0.3, -0.25) is 4.79 Å². The van der Waals surface area contributed by atoms with E-state index in [1.54, 1.807) is 0 Å². The van der Waals surface area contributed by atoms with Crippen molar-refractivity contribution in [3.63, 3.8) is 0 Å². The van der Waals surface area contributed by atoms with Crippen molar-refractivity contribution in [3.8, 4) is 0 Å². The maximum Gasteiger partial charge on any atom is 0.389 e. The number of carboxylic acids is 1. The highest BCUT2D eigenvalue weighted by Crippen LogP contribution is 2.23. The smallest absolute Gasteiger partial charge is 0.389 e. The van der Waals surface area contributed by atoms with Crippen LogP contribution in [0.3, 0.4) is 0 Å². The molecule has 0 aliphatic carbocycles. The second kappa shape index (κ2) is 10.2. The van der Waals surface area contributed by atoms with Crippen molar-refractivity contribution < 1.29 is 23.1 Å². The Morgan fingerprint density at radius 3 is 1.56 bits per heavy atom. The zero-order chi connectivity index (χ0) is 13.9. The Hall–Kier alpha value is -0.740. The molecule has 0 saturated heterocycles. The molecule has 0 saturated carbocycles. The van der Waals surface area contributed by atoms with E-state index in [4.69, 9.17) is 5.11 Å². The summed E-state index contributed by atoms with van der Waals surface area (Å²) in [5, 5.41) is 8.41. The monoisotopic (exact) mass is 268 g/mol. The van der Waals surface area contributed by atoms with Gasteiger partial charge in [-0.2, -0.15) is 13.2 Å². The molecule has 0 unspecified atom stereocenters. The van der Waals surface area contributed by atoms with Crippen LogP contribution in [0.2, 0.25) is 0 Å². The number of carboxylic acid groups (broad SMARTS) is 1. The Bertz CT molecular complexity index is 215. The van der Waals surface area contributed by atoms with Crippen LogP contribution in [0.15, 0.2) is 0 Å². The molecular weight excluding hydrogens is 245 g/mol. The van der Waals surface area contributed by atoms with E-state index in [-0.39, 0.29) is 12.8 Å². The summed E-state index contributed by atoms with van der Waals surface area (Å²) in [5.74, 6) is -0.750. The van der Waals surface area contributed by atoms with Crippen LogP contribution in [0.4, 0.5) is 13.2 Å². The molecule has 108 valence electrons. The maximum absolute atomic E-state index is 11.8. The molecule has 0 fully saturated rings. The quantitative estimate of drug-likeness (QED) is 0.540. The first-order valence-electron chi connectivity index (χ1n) is 6.70. The number of aliphatic carboxylic acids is 1. The zero-order valence-electron chi connectivity index (χ0n) is 10.8. The van der Waals surface area contributed by atoms with E-state index in [1.807, 2.05) is 0 Å². The lowest BCUT2D eigenvalue weighted by Gasteiger charge is -2.05. The van der Waals surface area contributed by atoms with Gasteiger partial charge in [0, 0.05) is 12.8 Å². The third-order valence-electron chi connectivity index (χ3n) is 2.85. The summed E-state index contributed by atoms with van der Waals surface area (Å²) in [7, 11) is 0. The van der Waals surface area contributed by atoms with E-state index in [2.05, 4.69) is 0 Å². The van der Waals surface area contributed by atoms with Crippen molar-refractivity contribution in [2.45, 2.75) is 76.8 Å². The largest absolute Gasteiger partial charge is 0.481 e. The molecule has 0 spiro atoms. The van der Waals surface area contributed by atoms with E-state index in [9.17, 15) is 18.0 Å². The third kappa shape index (κ3) is 15.3. The van der Waals surface area contributed by atoms with E-state index in [0.29, 0.717) is 6.42 Å². The lowest BCUT2D eigenvalue weighted by atomic mass is 10.1. The summed E-state index contributed by atoms with van der Waals surface area (Å²) in [6.07, 6.45) is 3.07. The SMILES string of the molecule is O=C(O)CCCCCCCCCCCC(F)(F)F. The zero-order valence-corrected chi connectivity index (χ0v) is 10.8. The summed E-state index contributed by atoms with van der Waals surface area (Å²) < 4.78 is 35.5. The molecule has 1 N–H and O–H groups in total. The minimum atomic E-state index is -4.01. The van der Waals surface area contributed by atoms with E-state index < -0.39 is 18.6 Å². The minimum absolute atomic E-state index is 0.234. The van der Waals surface area contributed by atoms with Gasteiger partial charge in [0.1, 0.15) is 0 Å². The van der Waals surface area contributed by atoms with Crippen LogP contribution < -0.4 is 0 Å². The third-order valence-corrected chi connectivity index (χ3v) is 2.85. The Balaban J connectivity index is 3.06. The van der Waals surface area contributed by atoms with Gasteiger partial charge in [0.15, 0.2) is 0 Å². The Morgan fingerprint density at radius 2 is 1.17 bits per heavy atom. The summed E-state index contributed by atoms with van der Waals surface area (Å²) in [5.41, 5.74) is 0. The number of halogens is 3. The minimum Gasteiger partial charge on any atom is -0.481 e. The van der Waals surface area contributed by atoms with Crippen LogP contribution in [-0.2, 0) is 4.79 Å². The fraction of sp³-hybridized carbons (Fsp3) is 0.923. The average Bonchev–Trinajstić information content (AvgIpc) is 2.24. The van der Waals surface area contributed by atoms with Gasteiger partial charge in [-0.05, 0) is 12.8 Å². The molecule has 0 aromatic carbocycles. The van der Waals surface area contributed by atoms with Crippen LogP contribution in [0.5, 0.6) is 0 Å². The average molecular weight is 268 g/mol. The molecule has 0 aromatic rings. The molecule has 0 heterocycles. The molecule has 2 nitrogen and oxygen atoms in total.